The van der Waals surface area contributed by atoms with E-state index in [0.717, 1.165) is 25.1 Å². The molecule has 2 atom stereocenters. The standard InChI is InChI=1S/C12H17NO2/c14-11-3-1-9(2-4-11)7-12(15)10-5-6-13-8-10/h1-4,10,12-15H,5-8H2. The van der Waals surface area contributed by atoms with E-state index in [4.69, 9.17) is 5.11 Å². The lowest BCUT2D eigenvalue weighted by Crippen LogP contribution is -2.24. The van der Waals surface area contributed by atoms with Crippen molar-refractivity contribution in [3.63, 3.8) is 0 Å². The van der Waals surface area contributed by atoms with Crippen molar-refractivity contribution in [1.82, 2.24) is 5.32 Å². The average Bonchev–Trinajstić information content (AvgIpc) is 2.74. The van der Waals surface area contributed by atoms with Gasteiger partial charge < -0.3 is 15.5 Å². The Kier molecular flexibility index (Phi) is 3.23. The van der Waals surface area contributed by atoms with Crippen molar-refractivity contribution in [2.24, 2.45) is 5.92 Å². The summed E-state index contributed by atoms with van der Waals surface area (Å²) in [5, 5.41) is 22.3. The van der Waals surface area contributed by atoms with Gasteiger partial charge in [-0.2, -0.15) is 0 Å². The molecule has 1 fully saturated rings. The second kappa shape index (κ2) is 4.64. The Labute approximate surface area is 89.8 Å². The smallest absolute Gasteiger partial charge is 0.115 e. The molecule has 1 heterocycles. The number of aliphatic hydroxyl groups is 1. The number of phenols is 1. The van der Waals surface area contributed by atoms with Gasteiger partial charge >= 0.3 is 0 Å². The van der Waals surface area contributed by atoms with Gasteiger partial charge in [-0.1, -0.05) is 12.1 Å². The first-order valence-corrected chi connectivity index (χ1v) is 5.42. The van der Waals surface area contributed by atoms with E-state index in [0.29, 0.717) is 12.3 Å². The number of benzene rings is 1. The number of phenolic OH excluding ortho intramolecular Hbond substituents is 1. The van der Waals surface area contributed by atoms with Gasteiger partial charge in [0, 0.05) is 6.54 Å². The van der Waals surface area contributed by atoms with E-state index in [2.05, 4.69) is 5.32 Å². The summed E-state index contributed by atoms with van der Waals surface area (Å²) in [4.78, 5) is 0. The molecule has 3 N–H and O–H groups in total. The van der Waals surface area contributed by atoms with Crippen LogP contribution in [-0.4, -0.2) is 29.4 Å². The molecule has 1 aromatic rings. The lowest BCUT2D eigenvalue weighted by molar-refractivity contribution is 0.117. The van der Waals surface area contributed by atoms with Crippen molar-refractivity contribution in [3.05, 3.63) is 29.8 Å². The molecule has 1 aliphatic heterocycles. The molecule has 15 heavy (non-hydrogen) atoms. The van der Waals surface area contributed by atoms with Gasteiger partial charge in [0.15, 0.2) is 0 Å². The number of aromatic hydroxyl groups is 1. The average molecular weight is 207 g/mol. The zero-order valence-corrected chi connectivity index (χ0v) is 8.69. The van der Waals surface area contributed by atoms with Crippen molar-refractivity contribution in [1.29, 1.82) is 0 Å². The van der Waals surface area contributed by atoms with Crippen LogP contribution in [0.5, 0.6) is 5.75 Å². The predicted octanol–water partition coefficient (Wildman–Crippen LogP) is 0.905. The van der Waals surface area contributed by atoms with E-state index in [1.54, 1.807) is 12.1 Å². The zero-order chi connectivity index (χ0) is 10.7. The quantitative estimate of drug-likeness (QED) is 0.690. The van der Waals surface area contributed by atoms with Gasteiger partial charge in [-0.05, 0) is 43.0 Å². The van der Waals surface area contributed by atoms with Crippen LogP contribution >= 0.6 is 0 Å². The van der Waals surface area contributed by atoms with Gasteiger partial charge in [-0.15, -0.1) is 0 Å². The first-order chi connectivity index (χ1) is 7.25. The molecule has 82 valence electrons. The third kappa shape index (κ3) is 2.70. The van der Waals surface area contributed by atoms with Crippen LogP contribution in [0.1, 0.15) is 12.0 Å². The van der Waals surface area contributed by atoms with Crippen LogP contribution in [0.4, 0.5) is 0 Å². The van der Waals surface area contributed by atoms with Crippen molar-refractivity contribution in [2.45, 2.75) is 18.9 Å². The lowest BCUT2D eigenvalue weighted by atomic mass is 9.95. The number of aliphatic hydroxyl groups excluding tert-OH is 1. The van der Waals surface area contributed by atoms with E-state index in [-0.39, 0.29) is 11.9 Å². The van der Waals surface area contributed by atoms with Crippen LogP contribution in [0.2, 0.25) is 0 Å². The molecule has 0 radical (unpaired) electrons. The molecule has 3 nitrogen and oxygen atoms in total. The molecular formula is C12H17NO2. The minimum absolute atomic E-state index is 0.274. The molecule has 0 aliphatic carbocycles. The van der Waals surface area contributed by atoms with Crippen molar-refractivity contribution in [2.75, 3.05) is 13.1 Å². The molecule has 0 saturated carbocycles. The van der Waals surface area contributed by atoms with Gasteiger partial charge in [0.05, 0.1) is 6.10 Å². The lowest BCUT2D eigenvalue weighted by Gasteiger charge is -2.16. The third-order valence-electron chi connectivity index (χ3n) is 3.02. The summed E-state index contributed by atoms with van der Waals surface area (Å²) in [7, 11) is 0. The van der Waals surface area contributed by atoms with Gasteiger partial charge in [-0.25, -0.2) is 0 Å². The second-order valence-electron chi connectivity index (χ2n) is 4.19. The minimum Gasteiger partial charge on any atom is -0.508 e. The number of nitrogens with one attached hydrogen (secondary N) is 1. The second-order valence-corrected chi connectivity index (χ2v) is 4.19. The molecule has 0 amide bonds. The van der Waals surface area contributed by atoms with Crippen LogP contribution in [0, 0.1) is 5.92 Å². The first-order valence-electron chi connectivity index (χ1n) is 5.42. The Balaban J connectivity index is 1.92. The molecule has 1 aromatic carbocycles. The van der Waals surface area contributed by atoms with E-state index in [9.17, 15) is 5.11 Å². The van der Waals surface area contributed by atoms with Gasteiger partial charge in [-0.3, -0.25) is 0 Å². The fraction of sp³-hybridized carbons (Fsp3) is 0.500. The minimum atomic E-state index is -0.274. The van der Waals surface area contributed by atoms with E-state index in [1.807, 2.05) is 12.1 Å². The summed E-state index contributed by atoms with van der Waals surface area (Å²) < 4.78 is 0. The molecule has 1 aliphatic rings. The Hall–Kier alpha value is -1.06. The van der Waals surface area contributed by atoms with Crippen LogP contribution in [0.15, 0.2) is 24.3 Å². The third-order valence-corrected chi connectivity index (χ3v) is 3.02. The van der Waals surface area contributed by atoms with Crippen LogP contribution in [-0.2, 0) is 6.42 Å². The monoisotopic (exact) mass is 207 g/mol. The van der Waals surface area contributed by atoms with Crippen LogP contribution < -0.4 is 5.32 Å². The molecule has 1 saturated heterocycles. The SMILES string of the molecule is Oc1ccc(CC(O)C2CCNC2)cc1. The summed E-state index contributed by atoms with van der Waals surface area (Å²) in [5.74, 6) is 0.648. The molecule has 0 aromatic heterocycles. The summed E-state index contributed by atoms with van der Waals surface area (Å²) in [6.07, 6.45) is 1.45. The molecule has 2 unspecified atom stereocenters. The fourth-order valence-electron chi connectivity index (χ4n) is 2.05. The van der Waals surface area contributed by atoms with Gasteiger partial charge in [0.1, 0.15) is 5.75 Å². The normalized spacial score (nSPS) is 22.9. The van der Waals surface area contributed by atoms with E-state index >= 15 is 0 Å². The number of rotatable bonds is 3. The first kappa shape index (κ1) is 10.5. The Morgan fingerprint density at radius 1 is 1.33 bits per heavy atom. The Morgan fingerprint density at radius 2 is 2.07 bits per heavy atom. The summed E-state index contributed by atoms with van der Waals surface area (Å²) >= 11 is 0. The highest BCUT2D eigenvalue weighted by Crippen LogP contribution is 2.18. The fourth-order valence-corrected chi connectivity index (χ4v) is 2.05. The maximum Gasteiger partial charge on any atom is 0.115 e. The van der Waals surface area contributed by atoms with Crippen molar-refractivity contribution in [3.8, 4) is 5.75 Å². The van der Waals surface area contributed by atoms with E-state index < -0.39 is 0 Å². The van der Waals surface area contributed by atoms with Gasteiger partial charge in [0.25, 0.3) is 0 Å². The maximum atomic E-state index is 9.97. The largest absolute Gasteiger partial charge is 0.508 e. The predicted molar refractivity (Wildman–Crippen MR) is 58.8 cm³/mol. The van der Waals surface area contributed by atoms with Crippen molar-refractivity contribution >= 4 is 0 Å². The molecule has 0 bridgehead atoms. The number of hydrogen-bond acceptors (Lipinski definition) is 3. The molecular weight excluding hydrogens is 190 g/mol. The Bertz CT molecular complexity index is 304. The van der Waals surface area contributed by atoms with E-state index in [1.165, 1.54) is 0 Å². The summed E-state index contributed by atoms with van der Waals surface area (Å²) in [6, 6.07) is 7.05. The van der Waals surface area contributed by atoms with Crippen molar-refractivity contribution < 1.29 is 10.2 Å². The van der Waals surface area contributed by atoms with Crippen LogP contribution in [0.3, 0.4) is 0 Å². The summed E-state index contributed by atoms with van der Waals surface area (Å²) in [6.45, 7) is 1.93. The van der Waals surface area contributed by atoms with Gasteiger partial charge in [0.2, 0.25) is 0 Å². The highest BCUT2D eigenvalue weighted by molar-refractivity contribution is 5.26. The maximum absolute atomic E-state index is 9.97. The molecule has 0 spiro atoms. The Morgan fingerprint density at radius 3 is 2.67 bits per heavy atom. The highest BCUT2D eigenvalue weighted by Gasteiger charge is 2.22. The topological polar surface area (TPSA) is 52.5 Å². The summed E-state index contributed by atoms with van der Waals surface area (Å²) in [5.41, 5.74) is 1.08. The highest BCUT2D eigenvalue weighted by atomic mass is 16.3. The zero-order valence-electron chi connectivity index (χ0n) is 8.69. The molecule has 2 rings (SSSR count). The molecule has 3 heteroatoms. The van der Waals surface area contributed by atoms with Crippen LogP contribution in [0.25, 0.3) is 0 Å². The number of hydrogen-bond donors (Lipinski definition) is 3.